The predicted octanol–water partition coefficient (Wildman–Crippen LogP) is 3.77. The van der Waals surface area contributed by atoms with E-state index >= 15 is 0 Å². The quantitative estimate of drug-likeness (QED) is 0.759. The normalized spacial score (nSPS) is 11.8. The number of aliphatic hydroxyl groups is 1. The van der Waals surface area contributed by atoms with Gasteiger partial charge in [-0.1, -0.05) is 36.4 Å². The molecule has 3 N–H and O–H groups in total. The van der Waals surface area contributed by atoms with Gasteiger partial charge in [0, 0.05) is 6.61 Å². The number of nitrogens with one attached hydrogen (secondary N) is 2. The van der Waals surface area contributed by atoms with Gasteiger partial charge in [-0.25, -0.2) is 9.18 Å². The van der Waals surface area contributed by atoms with Crippen LogP contribution in [0.2, 0.25) is 0 Å². The Hall–Kier alpha value is -2.40. The molecule has 4 nitrogen and oxygen atoms in total. The minimum Gasteiger partial charge on any atom is -0.396 e. The topological polar surface area (TPSA) is 61.4 Å². The van der Waals surface area contributed by atoms with E-state index in [1.54, 1.807) is 13.0 Å². The summed E-state index contributed by atoms with van der Waals surface area (Å²) in [6.45, 7) is 1.84. The molecule has 2 rings (SSSR count). The number of carbonyl (C=O) groups is 1. The fourth-order valence-corrected chi connectivity index (χ4v) is 2.34. The molecule has 0 spiro atoms. The number of amides is 2. The van der Waals surface area contributed by atoms with E-state index in [4.69, 9.17) is 5.11 Å². The highest BCUT2D eigenvalue weighted by Gasteiger charge is 2.15. The Morgan fingerprint density at radius 3 is 2.61 bits per heavy atom. The van der Waals surface area contributed by atoms with E-state index < -0.39 is 11.8 Å². The zero-order chi connectivity index (χ0) is 16.7. The van der Waals surface area contributed by atoms with E-state index in [1.165, 1.54) is 12.1 Å². The zero-order valence-electron chi connectivity index (χ0n) is 13.1. The Morgan fingerprint density at radius 1 is 1.22 bits per heavy atom. The van der Waals surface area contributed by atoms with Crippen molar-refractivity contribution in [3.05, 3.63) is 65.5 Å². The molecule has 1 atom stereocenters. The number of halogens is 1. The van der Waals surface area contributed by atoms with E-state index in [2.05, 4.69) is 10.6 Å². The summed E-state index contributed by atoms with van der Waals surface area (Å²) >= 11 is 0. The first-order chi connectivity index (χ1) is 11.1. The number of aryl methyl sites for hydroxylation is 1. The van der Waals surface area contributed by atoms with Crippen LogP contribution < -0.4 is 10.6 Å². The molecule has 0 saturated heterocycles. The molecule has 0 saturated carbocycles. The van der Waals surface area contributed by atoms with E-state index in [1.807, 2.05) is 30.3 Å². The average molecular weight is 316 g/mol. The van der Waals surface area contributed by atoms with Gasteiger partial charge in [0.05, 0.1) is 11.7 Å². The van der Waals surface area contributed by atoms with Gasteiger partial charge in [-0.15, -0.1) is 0 Å². The maximum Gasteiger partial charge on any atom is 0.319 e. The van der Waals surface area contributed by atoms with Crippen molar-refractivity contribution >= 4 is 11.7 Å². The van der Waals surface area contributed by atoms with Crippen LogP contribution in [0.25, 0.3) is 0 Å². The summed E-state index contributed by atoms with van der Waals surface area (Å²) < 4.78 is 13.8. The van der Waals surface area contributed by atoms with Crippen LogP contribution in [0.3, 0.4) is 0 Å². The van der Waals surface area contributed by atoms with Crippen molar-refractivity contribution in [1.29, 1.82) is 0 Å². The largest absolute Gasteiger partial charge is 0.396 e. The van der Waals surface area contributed by atoms with Gasteiger partial charge in [0.25, 0.3) is 0 Å². The van der Waals surface area contributed by atoms with Gasteiger partial charge >= 0.3 is 6.03 Å². The van der Waals surface area contributed by atoms with Gasteiger partial charge in [-0.05, 0) is 43.0 Å². The minimum atomic E-state index is -0.473. The number of aliphatic hydroxyl groups excluding tert-OH is 1. The minimum absolute atomic E-state index is 0.0548. The van der Waals surface area contributed by atoms with E-state index in [-0.39, 0.29) is 18.3 Å². The summed E-state index contributed by atoms with van der Waals surface area (Å²) in [5.41, 5.74) is 1.88. The first kappa shape index (κ1) is 17.0. The highest BCUT2D eigenvalue weighted by Crippen LogP contribution is 2.19. The molecule has 0 bridgehead atoms. The molecule has 0 heterocycles. The Kier molecular flexibility index (Phi) is 6.11. The summed E-state index contributed by atoms with van der Waals surface area (Å²) in [5.74, 6) is -0.466. The summed E-state index contributed by atoms with van der Waals surface area (Å²) in [6.07, 6.45) is 1.17. The van der Waals surface area contributed by atoms with Crippen LogP contribution in [0.4, 0.5) is 14.9 Å². The molecule has 2 aromatic rings. The van der Waals surface area contributed by atoms with Crippen molar-refractivity contribution < 1.29 is 14.3 Å². The van der Waals surface area contributed by atoms with Gasteiger partial charge in [0.2, 0.25) is 0 Å². The molecule has 0 radical (unpaired) electrons. The van der Waals surface area contributed by atoms with Crippen molar-refractivity contribution in [2.75, 3.05) is 11.9 Å². The van der Waals surface area contributed by atoms with Crippen LogP contribution in [0.15, 0.2) is 48.5 Å². The Balaban J connectivity index is 2.05. The van der Waals surface area contributed by atoms with Gasteiger partial charge in [-0.3, -0.25) is 0 Å². The van der Waals surface area contributed by atoms with Crippen LogP contribution in [0.5, 0.6) is 0 Å². The molecule has 2 aromatic carbocycles. The van der Waals surface area contributed by atoms with Crippen LogP contribution in [0.1, 0.15) is 30.0 Å². The molecule has 1 unspecified atom stereocenters. The van der Waals surface area contributed by atoms with Crippen molar-refractivity contribution in [1.82, 2.24) is 5.32 Å². The molecular formula is C18H21FN2O2. The van der Waals surface area contributed by atoms with Gasteiger partial charge in [-0.2, -0.15) is 0 Å². The van der Waals surface area contributed by atoms with Crippen molar-refractivity contribution in [2.45, 2.75) is 25.8 Å². The maximum atomic E-state index is 13.8. The lowest BCUT2D eigenvalue weighted by atomic mass is 10.0. The first-order valence-electron chi connectivity index (χ1n) is 7.59. The Labute approximate surface area is 135 Å². The predicted molar refractivity (Wildman–Crippen MR) is 88.8 cm³/mol. The van der Waals surface area contributed by atoms with Crippen LogP contribution >= 0.6 is 0 Å². The zero-order valence-corrected chi connectivity index (χ0v) is 13.1. The lowest BCUT2D eigenvalue weighted by Gasteiger charge is -2.19. The molecule has 0 aliphatic rings. The third-order valence-corrected chi connectivity index (χ3v) is 3.53. The molecule has 122 valence electrons. The molecule has 0 aliphatic carbocycles. The van der Waals surface area contributed by atoms with Gasteiger partial charge < -0.3 is 15.7 Å². The highest BCUT2D eigenvalue weighted by molar-refractivity contribution is 5.89. The number of rotatable bonds is 6. The third kappa shape index (κ3) is 5.07. The smallest absolute Gasteiger partial charge is 0.319 e. The second-order valence-electron chi connectivity index (χ2n) is 5.41. The highest BCUT2D eigenvalue weighted by atomic mass is 19.1. The lowest BCUT2D eigenvalue weighted by Crippen LogP contribution is -2.33. The maximum absolute atomic E-state index is 13.8. The standard InChI is InChI=1S/C18H21FN2O2/c1-13-9-10-17(15(19)12-13)21-18(23)20-16(8-5-11-22)14-6-3-2-4-7-14/h2-4,6-7,9-10,12,16,22H,5,8,11H2,1H3,(H2,20,21,23). The lowest BCUT2D eigenvalue weighted by molar-refractivity contribution is 0.243. The number of benzene rings is 2. The summed E-state index contributed by atoms with van der Waals surface area (Å²) in [5, 5.41) is 14.4. The van der Waals surface area contributed by atoms with Crippen molar-refractivity contribution in [3.8, 4) is 0 Å². The van der Waals surface area contributed by atoms with Gasteiger partial charge in [0.1, 0.15) is 5.82 Å². The summed E-state index contributed by atoms with van der Waals surface area (Å²) in [7, 11) is 0. The van der Waals surface area contributed by atoms with Gasteiger partial charge in [0.15, 0.2) is 0 Å². The summed E-state index contributed by atoms with van der Waals surface area (Å²) in [6, 6.07) is 13.4. The molecule has 23 heavy (non-hydrogen) atoms. The van der Waals surface area contributed by atoms with E-state index in [9.17, 15) is 9.18 Å². The van der Waals surface area contributed by atoms with E-state index in [0.29, 0.717) is 12.8 Å². The van der Waals surface area contributed by atoms with Crippen LogP contribution in [-0.2, 0) is 0 Å². The van der Waals surface area contributed by atoms with Crippen molar-refractivity contribution in [2.24, 2.45) is 0 Å². The number of carbonyl (C=O) groups excluding carboxylic acids is 1. The van der Waals surface area contributed by atoms with Crippen LogP contribution in [-0.4, -0.2) is 17.7 Å². The molecule has 2 amide bonds. The summed E-state index contributed by atoms with van der Waals surface area (Å²) in [4.78, 5) is 12.1. The Morgan fingerprint density at radius 2 is 1.96 bits per heavy atom. The molecular weight excluding hydrogens is 295 g/mol. The number of anilines is 1. The SMILES string of the molecule is Cc1ccc(NC(=O)NC(CCCO)c2ccccc2)c(F)c1. The fourth-order valence-electron chi connectivity index (χ4n) is 2.34. The Bertz CT molecular complexity index is 647. The number of hydrogen-bond donors (Lipinski definition) is 3. The second kappa shape index (κ2) is 8.29. The molecule has 0 aromatic heterocycles. The van der Waals surface area contributed by atoms with Crippen molar-refractivity contribution in [3.63, 3.8) is 0 Å². The number of hydrogen-bond acceptors (Lipinski definition) is 2. The van der Waals surface area contributed by atoms with Crippen LogP contribution in [0, 0.1) is 12.7 Å². The molecule has 0 aliphatic heterocycles. The second-order valence-corrected chi connectivity index (χ2v) is 5.41. The monoisotopic (exact) mass is 316 g/mol. The average Bonchev–Trinajstić information content (AvgIpc) is 2.55. The first-order valence-corrected chi connectivity index (χ1v) is 7.59. The number of urea groups is 1. The molecule has 5 heteroatoms. The van der Waals surface area contributed by atoms with E-state index in [0.717, 1.165) is 11.1 Å². The molecule has 0 fully saturated rings. The fraction of sp³-hybridized carbons (Fsp3) is 0.278. The third-order valence-electron chi connectivity index (χ3n) is 3.53.